The average molecular weight is 115 g/mol. The van der Waals surface area contributed by atoms with Crippen LogP contribution >= 0.6 is 11.6 Å². The van der Waals surface area contributed by atoms with Crippen LogP contribution < -0.4 is 0 Å². The van der Waals surface area contributed by atoms with E-state index in [9.17, 15) is 0 Å². The minimum absolute atomic E-state index is 0.801. The largest absolute Gasteiger partial charge is 0.113 e. The van der Waals surface area contributed by atoms with E-state index < -0.39 is 0 Å². The lowest BCUT2D eigenvalue weighted by Crippen LogP contribution is -1.52. The summed E-state index contributed by atoms with van der Waals surface area (Å²) in [6, 6.07) is 0. The number of allylic oxidation sites excluding steroid dienone is 1. The van der Waals surface area contributed by atoms with Crippen molar-refractivity contribution in [3.8, 4) is 0 Å². The summed E-state index contributed by atoms with van der Waals surface area (Å²) in [5.74, 6) is 0.801. The fourth-order valence-corrected chi connectivity index (χ4v) is 0.508. The molecule has 0 spiro atoms. The molecule has 7 heavy (non-hydrogen) atoms. The smallest absolute Gasteiger partial charge is 0.0459 e. The van der Waals surface area contributed by atoms with E-state index in [0.717, 1.165) is 5.92 Å². The molecule has 1 saturated carbocycles. The fraction of sp³-hybridized carbons (Fsp3) is 0.500. The van der Waals surface area contributed by atoms with Gasteiger partial charge in [-0.2, -0.15) is 0 Å². The monoisotopic (exact) mass is 114 g/mol. The number of rotatable bonds is 1. The summed E-state index contributed by atoms with van der Waals surface area (Å²) < 4.78 is 0. The lowest BCUT2D eigenvalue weighted by Gasteiger charge is -1.65. The van der Waals surface area contributed by atoms with Crippen molar-refractivity contribution in [2.45, 2.75) is 12.8 Å². The highest BCUT2D eigenvalue weighted by molar-refractivity contribution is 6.25. The third-order valence-corrected chi connectivity index (χ3v) is 1.14. The standard InChI is InChI=1S/C6H7Cl/c7-5-1-2-6-3-4-6/h2,5-6H,3-4H2. The first-order valence-corrected chi connectivity index (χ1v) is 2.88. The van der Waals surface area contributed by atoms with E-state index in [2.05, 4.69) is 5.73 Å². The van der Waals surface area contributed by atoms with Crippen LogP contribution in [0.25, 0.3) is 0 Å². The second-order valence-corrected chi connectivity index (χ2v) is 2.00. The summed E-state index contributed by atoms with van der Waals surface area (Å²) >= 11 is 5.21. The molecule has 0 aromatic rings. The van der Waals surface area contributed by atoms with Gasteiger partial charge in [-0.15, -0.1) is 5.73 Å². The maximum atomic E-state index is 5.21. The molecule has 0 nitrogen and oxygen atoms in total. The van der Waals surface area contributed by atoms with Crippen molar-refractivity contribution in [1.82, 2.24) is 0 Å². The van der Waals surface area contributed by atoms with E-state index in [1.54, 1.807) is 0 Å². The van der Waals surface area contributed by atoms with E-state index in [1.165, 1.54) is 18.4 Å². The molecule has 0 unspecified atom stereocenters. The van der Waals surface area contributed by atoms with Crippen molar-refractivity contribution in [2.75, 3.05) is 0 Å². The zero-order chi connectivity index (χ0) is 5.11. The first-order chi connectivity index (χ1) is 3.43. The van der Waals surface area contributed by atoms with E-state index in [0.29, 0.717) is 0 Å². The van der Waals surface area contributed by atoms with Gasteiger partial charge in [0, 0.05) is 5.54 Å². The van der Waals surface area contributed by atoms with Gasteiger partial charge in [-0.3, -0.25) is 0 Å². The maximum absolute atomic E-state index is 5.21. The second kappa shape index (κ2) is 2.20. The van der Waals surface area contributed by atoms with Gasteiger partial charge in [0.1, 0.15) is 0 Å². The van der Waals surface area contributed by atoms with Gasteiger partial charge >= 0.3 is 0 Å². The van der Waals surface area contributed by atoms with Gasteiger partial charge in [-0.1, -0.05) is 11.6 Å². The molecule has 0 aliphatic heterocycles. The minimum Gasteiger partial charge on any atom is -0.113 e. The van der Waals surface area contributed by atoms with Crippen molar-refractivity contribution in [1.29, 1.82) is 0 Å². The molecule has 0 saturated heterocycles. The predicted octanol–water partition coefficient (Wildman–Crippen LogP) is 2.30. The van der Waals surface area contributed by atoms with E-state index >= 15 is 0 Å². The fourth-order valence-electron chi connectivity index (χ4n) is 0.435. The van der Waals surface area contributed by atoms with Gasteiger partial charge in [0.2, 0.25) is 0 Å². The molecule has 0 aromatic heterocycles. The highest BCUT2D eigenvalue weighted by Gasteiger charge is 2.16. The molecule has 1 aliphatic rings. The molecule has 0 aromatic carbocycles. The van der Waals surface area contributed by atoms with Crippen LogP contribution in [0.4, 0.5) is 0 Å². The quantitative estimate of drug-likeness (QED) is 0.459. The number of hydrogen-bond acceptors (Lipinski definition) is 0. The van der Waals surface area contributed by atoms with Crippen LogP contribution in [0.1, 0.15) is 12.8 Å². The topological polar surface area (TPSA) is 0 Å². The Morgan fingerprint density at radius 3 is 2.71 bits per heavy atom. The third-order valence-electron chi connectivity index (χ3n) is 1.02. The van der Waals surface area contributed by atoms with Crippen LogP contribution in [0.5, 0.6) is 0 Å². The van der Waals surface area contributed by atoms with Crippen LogP contribution in [-0.2, 0) is 0 Å². The van der Waals surface area contributed by atoms with E-state index in [4.69, 9.17) is 11.6 Å². The Morgan fingerprint density at radius 1 is 1.57 bits per heavy atom. The molecule has 0 heterocycles. The molecule has 1 fully saturated rings. The Hall–Kier alpha value is -0.190. The molecule has 1 heteroatoms. The molecular formula is C6H7Cl. The molecule has 1 aliphatic carbocycles. The average Bonchev–Trinajstić information content (AvgIpc) is 2.42. The highest BCUT2D eigenvalue weighted by atomic mass is 35.5. The Kier molecular flexibility index (Phi) is 1.56. The molecule has 0 radical (unpaired) electrons. The van der Waals surface area contributed by atoms with Gasteiger partial charge in [-0.05, 0) is 24.8 Å². The summed E-state index contributed by atoms with van der Waals surface area (Å²) in [5, 5.41) is 0. The van der Waals surface area contributed by atoms with E-state index in [-0.39, 0.29) is 0 Å². The lowest BCUT2D eigenvalue weighted by molar-refractivity contribution is 1.13. The predicted molar refractivity (Wildman–Crippen MR) is 31.2 cm³/mol. The minimum atomic E-state index is 0.801. The summed E-state index contributed by atoms with van der Waals surface area (Å²) in [7, 11) is 0. The van der Waals surface area contributed by atoms with Crippen LogP contribution in [0.3, 0.4) is 0 Å². The Labute approximate surface area is 48.5 Å². The summed E-state index contributed by atoms with van der Waals surface area (Å²) in [6.45, 7) is 0. The zero-order valence-corrected chi connectivity index (χ0v) is 4.78. The number of halogens is 1. The third kappa shape index (κ3) is 1.82. The summed E-state index contributed by atoms with van der Waals surface area (Å²) in [6.07, 6.45) is 4.68. The van der Waals surface area contributed by atoms with Gasteiger partial charge in [0.05, 0.1) is 0 Å². The maximum Gasteiger partial charge on any atom is 0.0459 e. The van der Waals surface area contributed by atoms with Crippen molar-refractivity contribution < 1.29 is 0 Å². The van der Waals surface area contributed by atoms with Gasteiger partial charge in [-0.25, -0.2) is 0 Å². The first kappa shape index (κ1) is 4.96. The molecule has 0 amide bonds. The molecular weight excluding hydrogens is 108 g/mol. The molecule has 0 atom stereocenters. The molecule has 38 valence electrons. The summed E-state index contributed by atoms with van der Waals surface area (Å²) in [4.78, 5) is 0. The van der Waals surface area contributed by atoms with Gasteiger partial charge < -0.3 is 0 Å². The van der Waals surface area contributed by atoms with Crippen LogP contribution in [-0.4, -0.2) is 0 Å². The SMILES string of the molecule is ClC=C=CC1CC1. The highest BCUT2D eigenvalue weighted by Crippen LogP contribution is 2.29. The van der Waals surface area contributed by atoms with Crippen LogP contribution in [0.2, 0.25) is 0 Å². The summed E-state index contributed by atoms with van der Waals surface area (Å²) in [5.41, 5.74) is 4.25. The second-order valence-electron chi connectivity index (χ2n) is 1.78. The molecule has 0 N–H and O–H groups in total. The Morgan fingerprint density at radius 2 is 2.29 bits per heavy atom. The van der Waals surface area contributed by atoms with Gasteiger partial charge in [0.25, 0.3) is 0 Å². The van der Waals surface area contributed by atoms with Gasteiger partial charge in [0.15, 0.2) is 0 Å². The lowest BCUT2D eigenvalue weighted by atomic mass is 10.4. The number of hydrogen-bond donors (Lipinski definition) is 0. The molecule has 1 rings (SSSR count). The van der Waals surface area contributed by atoms with Crippen molar-refractivity contribution in [3.05, 3.63) is 17.3 Å². The normalized spacial score (nSPS) is 17.9. The zero-order valence-electron chi connectivity index (χ0n) is 4.02. The van der Waals surface area contributed by atoms with Crippen molar-refractivity contribution >= 4 is 11.6 Å². The first-order valence-electron chi connectivity index (χ1n) is 2.45. The van der Waals surface area contributed by atoms with Crippen molar-refractivity contribution in [3.63, 3.8) is 0 Å². The Balaban J connectivity index is 2.30. The van der Waals surface area contributed by atoms with Crippen LogP contribution in [0.15, 0.2) is 17.3 Å². The van der Waals surface area contributed by atoms with Crippen LogP contribution in [0, 0.1) is 5.92 Å². The Bertz CT molecular complexity index is 105. The molecule has 0 bridgehead atoms. The van der Waals surface area contributed by atoms with E-state index in [1.807, 2.05) is 6.08 Å². The van der Waals surface area contributed by atoms with Crippen molar-refractivity contribution in [2.24, 2.45) is 5.92 Å².